The molecular formula is C57H32N4O2. The molecule has 0 fully saturated rings. The van der Waals surface area contributed by atoms with E-state index in [4.69, 9.17) is 23.8 Å². The molecule has 63 heavy (non-hydrogen) atoms. The number of aromatic nitrogens is 4. The maximum atomic E-state index is 6.92. The summed E-state index contributed by atoms with van der Waals surface area (Å²) in [5, 5.41) is 13.6. The molecule has 14 rings (SSSR count). The molecule has 0 saturated heterocycles. The van der Waals surface area contributed by atoms with Crippen LogP contribution in [0.4, 0.5) is 0 Å². The lowest BCUT2D eigenvalue weighted by molar-refractivity contribution is 0.669. The number of rotatable bonds is 4. The Bertz CT molecular complexity index is 4220. The van der Waals surface area contributed by atoms with Crippen molar-refractivity contribution in [1.29, 1.82) is 0 Å². The van der Waals surface area contributed by atoms with E-state index in [1.54, 1.807) is 0 Å². The van der Waals surface area contributed by atoms with Crippen LogP contribution >= 0.6 is 0 Å². The molecule has 0 atom stereocenters. The molecule has 0 amide bonds. The van der Waals surface area contributed by atoms with Crippen LogP contribution in [0.2, 0.25) is 0 Å². The highest BCUT2D eigenvalue weighted by Gasteiger charge is 2.22. The minimum atomic E-state index is 0.557. The second-order valence-electron chi connectivity index (χ2n) is 16.3. The second kappa shape index (κ2) is 12.9. The summed E-state index contributed by atoms with van der Waals surface area (Å²) in [6, 6.07) is 68.1. The van der Waals surface area contributed by atoms with Crippen molar-refractivity contribution in [3.63, 3.8) is 0 Å². The van der Waals surface area contributed by atoms with Crippen molar-refractivity contribution in [2.45, 2.75) is 0 Å². The molecule has 6 heteroatoms. The number of furan rings is 2. The van der Waals surface area contributed by atoms with Crippen molar-refractivity contribution in [3.05, 3.63) is 194 Å². The van der Waals surface area contributed by atoms with E-state index < -0.39 is 0 Å². The van der Waals surface area contributed by atoms with Crippen LogP contribution < -0.4 is 0 Å². The molecule has 4 heterocycles. The normalized spacial score (nSPS) is 12.1. The highest BCUT2D eigenvalue weighted by atomic mass is 16.3. The van der Waals surface area contributed by atoms with E-state index in [2.05, 4.69) is 138 Å². The molecule has 6 nitrogen and oxygen atoms in total. The fraction of sp³-hybridized carbons (Fsp3) is 0. The van der Waals surface area contributed by atoms with Gasteiger partial charge in [0.15, 0.2) is 17.5 Å². The van der Waals surface area contributed by atoms with Crippen molar-refractivity contribution in [2.24, 2.45) is 0 Å². The van der Waals surface area contributed by atoms with E-state index in [1.165, 1.54) is 37.8 Å². The number of para-hydroxylation sites is 1. The standard InChI is InChI=1S/C57H32N4O2/c1-2-14-34(15-3-1)55-58-56(60-57(59-55)43-22-12-24-50-53(43)42-21-10-11-23-49(42)62-50)37-25-27-40-44-32-48(39-19-8-9-20-41(39)54(44)63-51(40)31-37)61-46-28-26-33-13-6-7-18-38(33)52(46)45-29-35-16-4-5-17-36(35)30-47(45)61/h1-32H. The molecule has 10 aromatic carbocycles. The summed E-state index contributed by atoms with van der Waals surface area (Å²) in [6.07, 6.45) is 0. The van der Waals surface area contributed by atoms with Gasteiger partial charge in [0.05, 0.1) is 16.7 Å². The van der Waals surface area contributed by atoms with Crippen molar-refractivity contribution in [1.82, 2.24) is 19.5 Å². The zero-order chi connectivity index (χ0) is 41.2. The first-order chi connectivity index (χ1) is 31.2. The van der Waals surface area contributed by atoms with Gasteiger partial charge in [0, 0.05) is 59.8 Å². The van der Waals surface area contributed by atoms with Crippen molar-refractivity contribution in [2.75, 3.05) is 0 Å². The highest BCUT2D eigenvalue weighted by Crippen LogP contribution is 2.44. The van der Waals surface area contributed by atoms with E-state index >= 15 is 0 Å². The summed E-state index contributed by atoms with van der Waals surface area (Å²) in [5.74, 6) is 1.72. The third-order valence-electron chi connectivity index (χ3n) is 12.8. The Morgan fingerprint density at radius 1 is 0.333 bits per heavy atom. The summed E-state index contributed by atoms with van der Waals surface area (Å²) in [6.45, 7) is 0. The fourth-order valence-corrected chi connectivity index (χ4v) is 9.94. The van der Waals surface area contributed by atoms with Crippen LogP contribution in [0.5, 0.6) is 0 Å². The second-order valence-corrected chi connectivity index (χ2v) is 16.3. The monoisotopic (exact) mass is 804 g/mol. The lowest BCUT2D eigenvalue weighted by atomic mass is 10.0. The minimum Gasteiger partial charge on any atom is -0.456 e. The van der Waals surface area contributed by atoms with Gasteiger partial charge in [0.25, 0.3) is 0 Å². The number of fused-ring (bicyclic) bond motifs is 14. The Morgan fingerprint density at radius 3 is 1.87 bits per heavy atom. The van der Waals surface area contributed by atoms with Crippen molar-refractivity contribution < 1.29 is 8.83 Å². The highest BCUT2D eigenvalue weighted by molar-refractivity contribution is 6.25. The first-order valence-electron chi connectivity index (χ1n) is 21.2. The first kappa shape index (κ1) is 34.1. The summed E-state index contributed by atoms with van der Waals surface area (Å²) in [4.78, 5) is 15.4. The van der Waals surface area contributed by atoms with E-state index in [9.17, 15) is 0 Å². The summed E-state index contributed by atoms with van der Waals surface area (Å²) >= 11 is 0. The Kier molecular flexibility index (Phi) is 7.02. The third kappa shape index (κ3) is 5.03. The van der Waals surface area contributed by atoms with Gasteiger partial charge >= 0.3 is 0 Å². The number of hydrogen-bond donors (Lipinski definition) is 0. The Labute approximate surface area is 358 Å². The van der Waals surface area contributed by atoms with Gasteiger partial charge in [-0.25, -0.2) is 15.0 Å². The molecule has 4 aromatic heterocycles. The third-order valence-corrected chi connectivity index (χ3v) is 12.8. The van der Waals surface area contributed by atoms with Crippen LogP contribution in [0.3, 0.4) is 0 Å². The van der Waals surface area contributed by atoms with Gasteiger partial charge in [-0.1, -0.05) is 146 Å². The predicted molar refractivity (Wildman–Crippen MR) is 258 cm³/mol. The van der Waals surface area contributed by atoms with Crippen LogP contribution in [0.15, 0.2) is 203 Å². The molecule has 14 aromatic rings. The molecule has 0 bridgehead atoms. The number of benzene rings is 10. The summed E-state index contributed by atoms with van der Waals surface area (Å²) < 4.78 is 15.7. The molecule has 0 unspecified atom stereocenters. The van der Waals surface area contributed by atoms with E-state index in [1.807, 2.05) is 60.7 Å². The molecule has 0 aliphatic carbocycles. The zero-order valence-electron chi connectivity index (χ0n) is 33.6. The van der Waals surface area contributed by atoms with E-state index in [0.29, 0.717) is 17.5 Å². The SMILES string of the molecule is c1ccc(-c2nc(-c3ccc4c(c3)oc3c5ccccc5c(-n5c6cc7ccccc7cc6c6c7ccccc7ccc65)cc43)nc(-c3cccc4oc5ccccc5c34)n2)cc1. The first-order valence-corrected chi connectivity index (χ1v) is 21.2. The van der Waals surface area contributed by atoms with E-state index in [0.717, 1.165) is 82.5 Å². The number of hydrogen-bond acceptors (Lipinski definition) is 5. The molecule has 0 N–H and O–H groups in total. The van der Waals surface area contributed by atoms with Gasteiger partial charge in [0.1, 0.15) is 22.3 Å². The van der Waals surface area contributed by atoms with Gasteiger partial charge in [0.2, 0.25) is 0 Å². The maximum Gasteiger partial charge on any atom is 0.164 e. The molecule has 0 saturated carbocycles. The lowest BCUT2D eigenvalue weighted by Gasteiger charge is -2.13. The van der Waals surface area contributed by atoms with Crippen molar-refractivity contribution in [3.8, 4) is 39.9 Å². The molecule has 0 spiro atoms. The molecule has 292 valence electrons. The van der Waals surface area contributed by atoms with Gasteiger partial charge < -0.3 is 13.4 Å². The number of nitrogens with zero attached hydrogens (tertiary/aromatic N) is 4. The topological polar surface area (TPSA) is 69.9 Å². The minimum absolute atomic E-state index is 0.557. The Balaban J connectivity index is 1.01. The zero-order valence-corrected chi connectivity index (χ0v) is 33.6. The van der Waals surface area contributed by atoms with Crippen LogP contribution in [-0.4, -0.2) is 19.5 Å². The molecular weight excluding hydrogens is 773 g/mol. The van der Waals surface area contributed by atoms with Gasteiger partial charge in [-0.3, -0.25) is 0 Å². The van der Waals surface area contributed by atoms with Crippen LogP contribution in [-0.2, 0) is 0 Å². The molecule has 0 aliphatic heterocycles. The van der Waals surface area contributed by atoms with Crippen LogP contribution in [0.25, 0.3) is 138 Å². The van der Waals surface area contributed by atoms with Crippen LogP contribution in [0, 0.1) is 0 Å². The average Bonchev–Trinajstić information content (AvgIpc) is 4.02. The largest absolute Gasteiger partial charge is 0.456 e. The summed E-state index contributed by atoms with van der Waals surface area (Å²) in [5.41, 5.74) is 9.26. The summed E-state index contributed by atoms with van der Waals surface area (Å²) in [7, 11) is 0. The molecule has 0 aliphatic rings. The quantitative estimate of drug-likeness (QED) is 0.177. The van der Waals surface area contributed by atoms with Gasteiger partial charge in [-0.05, 0) is 70.1 Å². The van der Waals surface area contributed by atoms with Gasteiger partial charge in [-0.2, -0.15) is 0 Å². The fourth-order valence-electron chi connectivity index (χ4n) is 9.94. The predicted octanol–water partition coefficient (Wildman–Crippen LogP) is 15.2. The van der Waals surface area contributed by atoms with E-state index in [-0.39, 0.29) is 0 Å². The Morgan fingerprint density at radius 2 is 1.02 bits per heavy atom. The van der Waals surface area contributed by atoms with Crippen molar-refractivity contribution >= 4 is 98.0 Å². The maximum absolute atomic E-state index is 6.92. The van der Waals surface area contributed by atoms with Gasteiger partial charge in [-0.15, -0.1) is 0 Å². The smallest absolute Gasteiger partial charge is 0.164 e. The Hall–Kier alpha value is -8.61. The lowest BCUT2D eigenvalue weighted by Crippen LogP contribution is -2.00. The average molecular weight is 805 g/mol. The molecule has 0 radical (unpaired) electrons. The van der Waals surface area contributed by atoms with Crippen LogP contribution in [0.1, 0.15) is 0 Å².